The quantitative estimate of drug-likeness (QED) is 0.641. The second-order valence-corrected chi connectivity index (χ2v) is 4.13. The smallest absolute Gasteiger partial charge is 0.0582 e. The Morgan fingerprint density at radius 2 is 2.00 bits per heavy atom. The van der Waals surface area contributed by atoms with Gasteiger partial charge in [-0.25, -0.2) is 0 Å². The molecule has 0 aromatic rings. The molecule has 1 unspecified atom stereocenters. The molecule has 66 valence electrons. The van der Waals surface area contributed by atoms with Crippen molar-refractivity contribution in [2.45, 2.75) is 45.7 Å². The predicted octanol–water partition coefficient (Wildman–Crippen LogP) is 1.15. The highest BCUT2D eigenvalue weighted by molar-refractivity contribution is 4.97. The van der Waals surface area contributed by atoms with Gasteiger partial charge in [0.2, 0.25) is 0 Å². The number of hydrogen-bond acceptors (Lipinski definition) is 2. The van der Waals surface area contributed by atoms with Crippen molar-refractivity contribution in [2.75, 3.05) is 6.61 Å². The topological polar surface area (TPSA) is 32.3 Å². The second-order valence-electron chi connectivity index (χ2n) is 4.13. The Balaban J connectivity index is 2.25. The zero-order valence-corrected chi connectivity index (χ0v) is 7.72. The van der Waals surface area contributed by atoms with Gasteiger partial charge in [-0.3, -0.25) is 0 Å². The van der Waals surface area contributed by atoms with Gasteiger partial charge in [0.15, 0.2) is 0 Å². The maximum absolute atomic E-state index is 8.81. The minimum Gasteiger partial charge on any atom is -0.395 e. The van der Waals surface area contributed by atoms with E-state index in [-0.39, 0.29) is 12.6 Å². The van der Waals surface area contributed by atoms with Crippen LogP contribution in [-0.2, 0) is 0 Å². The van der Waals surface area contributed by atoms with E-state index in [9.17, 15) is 0 Å². The highest BCUT2D eigenvalue weighted by Crippen LogP contribution is 2.47. The molecule has 0 aliphatic heterocycles. The molecule has 1 aliphatic carbocycles. The van der Waals surface area contributed by atoms with Gasteiger partial charge in [0.05, 0.1) is 6.61 Å². The average molecular weight is 157 g/mol. The first-order valence-electron chi connectivity index (χ1n) is 4.45. The van der Waals surface area contributed by atoms with Crippen molar-refractivity contribution in [3.05, 3.63) is 0 Å². The Hall–Kier alpha value is -0.0800. The van der Waals surface area contributed by atoms with Gasteiger partial charge in [-0.1, -0.05) is 6.92 Å². The maximum atomic E-state index is 8.81. The van der Waals surface area contributed by atoms with Gasteiger partial charge in [0.25, 0.3) is 0 Å². The lowest BCUT2D eigenvalue weighted by atomic mass is 10.0. The van der Waals surface area contributed by atoms with Crippen molar-refractivity contribution in [3.63, 3.8) is 0 Å². The van der Waals surface area contributed by atoms with E-state index in [1.165, 1.54) is 12.8 Å². The fourth-order valence-electron chi connectivity index (χ4n) is 1.31. The molecule has 0 radical (unpaired) electrons. The summed E-state index contributed by atoms with van der Waals surface area (Å²) in [6.07, 6.45) is 2.67. The van der Waals surface area contributed by atoms with Crippen LogP contribution in [0.2, 0.25) is 0 Å². The molecule has 1 saturated carbocycles. The Kier molecular flexibility index (Phi) is 2.55. The number of aliphatic hydroxyl groups excluding tert-OH is 1. The molecule has 0 aromatic carbocycles. The van der Waals surface area contributed by atoms with Crippen molar-refractivity contribution in [3.8, 4) is 0 Å². The largest absolute Gasteiger partial charge is 0.395 e. The van der Waals surface area contributed by atoms with Crippen LogP contribution in [0.4, 0.5) is 0 Å². The molecule has 0 amide bonds. The van der Waals surface area contributed by atoms with Crippen LogP contribution in [0.25, 0.3) is 0 Å². The fourth-order valence-corrected chi connectivity index (χ4v) is 1.31. The van der Waals surface area contributed by atoms with E-state index in [4.69, 9.17) is 5.11 Å². The van der Waals surface area contributed by atoms with Crippen LogP contribution < -0.4 is 5.32 Å². The molecule has 0 aromatic heterocycles. The highest BCUT2D eigenvalue weighted by Gasteiger charge is 2.42. The molecular formula is C9H19NO. The Morgan fingerprint density at radius 1 is 1.45 bits per heavy atom. The minimum absolute atomic E-state index is 0.237. The summed E-state index contributed by atoms with van der Waals surface area (Å²) in [7, 11) is 0. The summed E-state index contributed by atoms with van der Waals surface area (Å²) >= 11 is 0. The zero-order valence-electron chi connectivity index (χ0n) is 7.72. The normalized spacial score (nSPS) is 26.2. The molecule has 0 saturated heterocycles. The fraction of sp³-hybridized carbons (Fsp3) is 1.00. The molecule has 2 N–H and O–H groups in total. The molecule has 1 fully saturated rings. The average Bonchev–Trinajstić information content (AvgIpc) is 2.69. The van der Waals surface area contributed by atoms with Crippen LogP contribution in [0, 0.1) is 5.41 Å². The lowest BCUT2D eigenvalue weighted by Gasteiger charge is -2.23. The van der Waals surface area contributed by atoms with Gasteiger partial charge in [-0.05, 0) is 32.1 Å². The van der Waals surface area contributed by atoms with Crippen molar-refractivity contribution in [2.24, 2.45) is 5.41 Å². The van der Waals surface area contributed by atoms with E-state index in [0.717, 1.165) is 0 Å². The monoisotopic (exact) mass is 157 g/mol. The molecule has 0 heterocycles. The number of hydrogen-bond donors (Lipinski definition) is 2. The summed E-state index contributed by atoms with van der Waals surface area (Å²) in [5, 5.41) is 12.2. The van der Waals surface area contributed by atoms with E-state index in [0.29, 0.717) is 11.5 Å². The number of nitrogens with one attached hydrogen (secondary N) is 1. The van der Waals surface area contributed by atoms with Gasteiger partial charge >= 0.3 is 0 Å². The first-order valence-corrected chi connectivity index (χ1v) is 4.45. The van der Waals surface area contributed by atoms with E-state index < -0.39 is 0 Å². The Bertz CT molecular complexity index is 132. The van der Waals surface area contributed by atoms with Crippen LogP contribution in [-0.4, -0.2) is 23.8 Å². The molecule has 1 rings (SSSR count). The first-order chi connectivity index (χ1) is 5.08. The van der Waals surface area contributed by atoms with Crippen LogP contribution in [0.1, 0.15) is 33.6 Å². The molecular weight excluding hydrogens is 138 g/mol. The number of aliphatic hydroxyl groups is 1. The predicted molar refractivity (Wildman–Crippen MR) is 46.5 cm³/mol. The summed E-state index contributed by atoms with van der Waals surface area (Å²) in [5.41, 5.74) is 0.517. The van der Waals surface area contributed by atoms with Gasteiger partial charge < -0.3 is 10.4 Å². The SMILES string of the molecule is CC(N[C@H](C)CO)C1(C)CC1. The molecule has 1 aliphatic rings. The summed E-state index contributed by atoms with van der Waals surface area (Å²) in [6, 6.07) is 0.784. The number of rotatable bonds is 4. The van der Waals surface area contributed by atoms with E-state index in [2.05, 4.69) is 19.2 Å². The van der Waals surface area contributed by atoms with Crippen LogP contribution >= 0.6 is 0 Å². The van der Waals surface area contributed by atoms with Crippen molar-refractivity contribution >= 4 is 0 Å². The van der Waals surface area contributed by atoms with Crippen molar-refractivity contribution < 1.29 is 5.11 Å². The maximum Gasteiger partial charge on any atom is 0.0582 e. The second kappa shape index (κ2) is 3.11. The van der Waals surface area contributed by atoms with Crippen LogP contribution in [0.15, 0.2) is 0 Å². The van der Waals surface area contributed by atoms with E-state index in [1.54, 1.807) is 0 Å². The van der Waals surface area contributed by atoms with Crippen molar-refractivity contribution in [1.82, 2.24) is 5.32 Å². The lowest BCUT2D eigenvalue weighted by molar-refractivity contribution is 0.226. The molecule has 2 atom stereocenters. The van der Waals surface area contributed by atoms with Crippen LogP contribution in [0.3, 0.4) is 0 Å². The van der Waals surface area contributed by atoms with Gasteiger partial charge in [0, 0.05) is 12.1 Å². The van der Waals surface area contributed by atoms with E-state index >= 15 is 0 Å². The summed E-state index contributed by atoms with van der Waals surface area (Å²) in [5.74, 6) is 0. The lowest BCUT2D eigenvalue weighted by Crippen LogP contribution is -2.41. The molecule has 2 heteroatoms. The standard InChI is InChI=1S/C9H19NO/c1-7(6-11)10-8(2)9(3)4-5-9/h7-8,10-11H,4-6H2,1-3H3/t7-,8?/m1/s1. The Labute approximate surface area is 69.0 Å². The van der Waals surface area contributed by atoms with Gasteiger partial charge in [-0.15, -0.1) is 0 Å². The van der Waals surface area contributed by atoms with Crippen LogP contribution in [0.5, 0.6) is 0 Å². The van der Waals surface area contributed by atoms with E-state index in [1.807, 2.05) is 6.92 Å². The molecule has 11 heavy (non-hydrogen) atoms. The third-order valence-electron chi connectivity index (χ3n) is 2.89. The summed E-state index contributed by atoms with van der Waals surface area (Å²) in [4.78, 5) is 0. The Morgan fingerprint density at radius 3 is 2.36 bits per heavy atom. The van der Waals surface area contributed by atoms with Gasteiger partial charge in [-0.2, -0.15) is 0 Å². The van der Waals surface area contributed by atoms with Crippen molar-refractivity contribution in [1.29, 1.82) is 0 Å². The first kappa shape index (κ1) is 9.01. The third kappa shape index (κ3) is 2.17. The minimum atomic E-state index is 0.237. The molecule has 0 spiro atoms. The highest BCUT2D eigenvalue weighted by atomic mass is 16.3. The zero-order chi connectivity index (χ0) is 8.48. The van der Waals surface area contributed by atoms with Gasteiger partial charge in [0.1, 0.15) is 0 Å². The summed E-state index contributed by atoms with van der Waals surface area (Å²) < 4.78 is 0. The molecule has 2 nitrogen and oxygen atoms in total. The third-order valence-corrected chi connectivity index (χ3v) is 2.89. The molecule has 0 bridgehead atoms. The summed E-state index contributed by atoms with van der Waals surface area (Å²) in [6.45, 7) is 6.76.